The summed E-state index contributed by atoms with van der Waals surface area (Å²) in [5.74, 6) is 0.819. The Hall–Kier alpha value is -3.20. The van der Waals surface area contributed by atoms with E-state index in [0.29, 0.717) is 6.54 Å². The van der Waals surface area contributed by atoms with Crippen molar-refractivity contribution < 1.29 is 4.42 Å². The lowest BCUT2D eigenvalue weighted by molar-refractivity contribution is 0.618. The minimum absolute atomic E-state index is 0.593. The van der Waals surface area contributed by atoms with Crippen LogP contribution in [0, 0.1) is 0 Å². The predicted molar refractivity (Wildman–Crippen MR) is 95.2 cm³/mol. The van der Waals surface area contributed by atoms with Crippen LogP contribution in [0.4, 0.5) is 0 Å². The third-order valence-electron chi connectivity index (χ3n) is 3.86. The highest BCUT2D eigenvalue weighted by Gasteiger charge is 2.05. The molecule has 0 amide bonds. The van der Waals surface area contributed by atoms with E-state index < -0.39 is 0 Å². The number of rotatable bonds is 3. The molecule has 0 saturated carbocycles. The molecular formula is C21H16N2O. The summed E-state index contributed by atoms with van der Waals surface area (Å²) in [6.45, 7) is 0.593. The van der Waals surface area contributed by atoms with Gasteiger partial charge in [0.25, 0.3) is 0 Å². The van der Waals surface area contributed by atoms with Gasteiger partial charge in [-0.1, -0.05) is 48.5 Å². The summed E-state index contributed by atoms with van der Waals surface area (Å²) in [5.41, 5.74) is 2.97. The molecule has 0 atom stereocenters. The Kier molecular flexibility index (Phi) is 3.90. The highest BCUT2D eigenvalue weighted by atomic mass is 16.3. The fraction of sp³-hybridized carbons (Fsp3) is 0.0476. The van der Waals surface area contributed by atoms with E-state index in [0.717, 1.165) is 33.2 Å². The Labute approximate surface area is 140 Å². The van der Waals surface area contributed by atoms with Crippen molar-refractivity contribution in [2.75, 3.05) is 0 Å². The van der Waals surface area contributed by atoms with Crippen molar-refractivity contribution in [2.45, 2.75) is 6.54 Å². The van der Waals surface area contributed by atoms with Gasteiger partial charge in [0.15, 0.2) is 0 Å². The second-order valence-electron chi connectivity index (χ2n) is 5.54. The van der Waals surface area contributed by atoms with Gasteiger partial charge < -0.3 is 4.42 Å². The average molecular weight is 312 g/mol. The van der Waals surface area contributed by atoms with Crippen LogP contribution in [0.2, 0.25) is 0 Å². The minimum atomic E-state index is 0.593. The quantitative estimate of drug-likeness (QED) is 0.554. The molecule has 0 saturated heterocycles. The Bertz CT molecular complexity index is 1020. The van der Waals surface area contributed by atoms with E-state index >= 15 is 0 Å². The molecule has 116 valence electrons. The molecule has 0 aliphatic rings. The monoisotopic (exact) mass is 312 g/mol. The van der Waals surface area contributed by atoms with Crippen LogP contribution in [0.15, 0.2) is 94.6 Å². The predicted octanol–water partition coefficient (Wildman–Crippen LogP) is 4.60. The van der Waals surface area contributed by atoms with Gasteiger partial charge in [0.2, 0.25) is 0 Å². The number of hydrogen-bond donors (Lipinski definition) is 0. The number of pyridine rings is 1. The Morgan fingerprint density at radius 2 is 1.71 bits per heavy atom. The molecule has 2 aromatic heterocycles. The summed E-state index contributed by atoms with van der Waals surface area (Å²) < 4.78 is 6.07. The fourth-order valence-corrected chi connectivity index (χ4v) is 2.66. The summed E-state index contributed by atoms with van der Waals surface area (Å²) in [4.78, 5) is 8.94. The Morgan fingerprint density at radius 1 is 0.875 bits per heavy atom. The topological polar surface area (TPSA) is 38.4 Å². The lowest BCUT2D eigenvalue weighted by Gasteiger charge is -2.05. The first kappa shape index (κ1) is 14.4. The highest BCUT2D eigenvalue weighted by molar-refractivity contribution is 5.78. The lowest BCUT2D eigenvalue weighted by Crippen LogP contribution is -2.04. The lowest BCUT2D eigenvalue weighted by atomic mass is 10.1. The van der Waals surface area contributed by atoms with Crippen molar-refractivity contribution in [2.24, 2.45) is 4.99 Å². The second-order valence-corrected chi connectivity index (χ2v) is 5.54. The van der Waals surface area contributed by atoms with E-state index in [4.69, 9.17) is 9.41 Å². The zero-order valence-electron chi connectivity index (χ0n) is 13.1. The molecule has 2 aromatic carbocycles. The van der Waals surface area contributed by atoms with Crippen LogP contribution in [0.3, 0.4) is 0 Å². The second kappa shape index (κ2) is 6.50. The molecule has 3 nitrogen and oxygen atoms in total. The summed E-state index contributed by atoms with van der Waals surface area (Å²) >= 11 is 0. The van der Waals surface area contributed by atoms with Gasteiger partial charge in [-0.3, -0.25) is 9.98 Å². The fourth-order valence-electron chi connectivity index (χ4n) is 2.66. The molecular weight excluding hydrogens is 296 g/mol. The van der Waals surface area contributed by atoms with Crippen molar-refractivity contribution in [1.82, 2.24) is 4.98 Å². The van der Waals surface area contributed by atoms with Crippen molar-refractivity contribution >= 4 is 11.0 Å². The SMILES string of the molecule is c1ccc(-c2cc(=NCc3cccnc3)c3ccccc3o2)cc1. The molecule has 0 unspecified atom stereocenters. The van der Waals surface area contributed by atoms with Gasteiger partial charge >= 0.3 is 0 Å². The van der Waals surface area contributed by atoms with Crippen LogP contribution in [0.5, 0.6) is 0 Å². The highest BCUT2D eigenvalue weighted by Crippen LogP contribution is 2.21. The maximum atomic E-state index is 6.07. The summed E-state index contributed by atoms with van der Waals surface area (Å²) in [6, 6.07) is 24.1. The first-order chi connectivity index (χ1) is 11.9. The van der Waals surface area contributed by atoms with Crippen LogP contribution in [-0.2, 0) is 6.54 Å². The first-order valence-corrected chi connectivity index (χ1v) is 7.88. The van der Waals surface area contributed by atoms with E-state index in [9.17, 15) is 0 Å². The Balaban J connectivity index is 1.87. The molecule has 2 heterocycles. The molecule has 0 bridgehead atoms. The maximum absolute atomic E-state index is 6.07. The zero-order valence-corrected chi connectivity index (χ0v) is 13.1. The third-order valence-corrected chi connectivity index (χ3v) is 3.86. The number of fused-ring (bicyclic) bond motifs is 1. The maximum Gasteiger partial charge on any atom is 0.136 e. The van der Waals surface area contributed by atoms with E-state index in [1.54, 1.807) is 6.20 Å². The van der Waals surface area contributed by atoms with Gasteiger partial charge in [0.05, 0.1) is 11.9 Å². The largest absolute Gasteiger partial charge is 0.456 e. The molecule has 0 N–H and O–H groups in total. The summed E-state index contributed by atoms with van der Waals surface area (Å²) in [7, 11) is 0. The normalized spacial score (nSPS) is 11.8. The summed E-state index contributed by atoms with van der Waals surface area (Å²) in [5, 5.41) is 1.95. The van der Waals surface area contributed by atoms with E-state index in [1.807, 2.05) is 79.0 Å². The van der Waals surface area contributed by atoms with Crippen LogP contribution in [-0.4, -0.2) is 4.98 Å². The molecule has 0 aliphatic carbocycles. The smallest absolute Gasteiger partial charge is 0.136 e. The van der Waals surface area contributed by atoms with Crippen molar-refractivity contribution in [3.05, 3.63) is 96.1 Å². The Morgan fingerprint density at radius 3 is 2.54 bits per heavy atom. The van der Waals surface area contributed by atoms with Gasteiger partial charge in [-0.2, -0.15) is 0 Å². The first-order valence-electron chi connectivity index (χ1n) is 7.88. The van der Waals surface area contributed by atoms with Crippen molar-refractivity contribution in [1.29, 1.82) is 0 Å². The zero-order chi connectivity index (χ0) is 16.2. The van der Waals surface area contributed by atoms with Gasteiger partial charge in [-0.25, -0.2) is 0 Å². The van der Waals surface area contributed by atoms with Crippen LogP contribution >= 0.6 is 0 Å². The molecule has 24 heavy (non-hydrogen) atoms. The molecule has 0 aliphatic heterocycles. The number of benzene rings is 2. The van der Waals surface area contributed by atoms with Gasteiger partial charge in [0.1, 0.15) is 11.3 Å². The van der Waals surface area contributed by atoms with Gasteiger partial charge in [0, 0.05) is 29.4 Å². The molecule has 4 rings (SSSR count). The van der Waals surface area contributed by atoms with Crippen LogP contribution in [0.1, 0.15) is 5.56 Å². The van der Waals surface area contributed by atoms with E-state index in [2.05, 4.69) is 4.98 Å². The molecule has 4 aromatic rings. The molecule has 0 spiro atoms. The summed E-state index contributed by atoms with van der Waals surface area (Å²) in [6.07, 6.45) is 3.62. The van der Waals surface area contributed by atoms with Gasteiger partial charge in [-0.15, -0.1) is 0 Å². The van der Waals surface area contributed by atoms with Crippen molar-refractivity contribution in [3.8, 4) is 11.3 Å². The van der Waals surface area contributed by atoms with Crippen LogP contribution in [0.25, 0.3) is 22.3 Å². The van der Waals surface area contributed by atoms with E-state index in [1.165, 1.54) is 0 Å². The number of nitrogens with zero attached hydrogens (tertiary/aromatic N) is 2. The van der Waals surface area contributed by atoms with Crippen LogP contribution < -0.4 is 5.36 Å². The molecule has 3 heteroatoms. The number of aromatic nitrogens is 1. The van der Waals surface area contributed by atoms with Gasteiger partial charge in [-0.05, 0) is 23.8 Å². The third kappa shape index (κ3) is 2.97. The molecule has 0 fully saturated rings. The van der Waals surface area contributed by atoms with E-state index in [-0.39, 0.29) is 0 Å². The number of para-hydroxylation sites is 1. The van der Waals surface area contributed by atoms with Crippen molar-refractivity contribution in [3.63, 3.8) is 0 Å². The standard InChI is InChI=1S/C21H16N2O/c1-2-8-17(9-3-1)21-13-19(18-10-4-5-11-20(18)24-21)23-15-16-7-6-12-22-14-16/h1-14H,15H2. The average Bonchev–Trinajstić information content (AvgIpc) is 2.67. The molecule has 0 radical (unpaired) electrons. The number of hydrogen-bond acceptors (Lipinski definition) is 3. The minimum Gasteiger partial charge on any atom is -0.456 e.